The maximum absolute atomic E-state index is 12.7. The normalized spacial score (nSPS) is 13.9. The fourth-order valence-electron chi connectivity index (χ4n) is 3.32. The van der Waals surface area contributed by atoms with Gasteiger partial charge in [0.1, 0.15) is 0 Å². The van der Waals surface area contributed by atoms with Gasteiger partial charge in [-0.25, -0.2) is 0 Å². The quantitative estimate of drug-likeness (QED) is 0.716. The number of rotatable bonds is 8. The van der Waals surface area contributed by atoms with Gasteiger partial charge >= 0.3 is 0 Å². The highest BCUT2D eigenvalue weighted by Gasteiger charge is 2.22. The van der Waals surface area contributed by atoms with Gasteiger partial charge in [0.2, 0.25) is 11.8 Å². The monoisotopic (exact) mass is 399 g/mol. The first kappa shape index (κ1) is 20.1. The van der Waals surface area contributed by atoms with Crippen LogP contribution in [0.5, 0.6) is 0 Å². The Balaban J connectivity index is 1.59. The van der Waals surface area contributed by atoms with E-state index in [0.717, 1.165) is 31.2 Å². The van der Waals surface area contributed by atoms with Gasteiger partial charge < -0.3 is 15.5 Å². The molecule has 0 atom stereocenters. The van der Waals surface area contributed by atoms with Gasteiger partial charge in [0, 0.05) is 12.6 Å². The molecule has 1 aromatic carbocycles. The van der Waals surface area contributed by atoms with Gasteiger partial charge in [-0.15, -0.1) is 11.3 Å². The smallest absolute Gasteiger partial charge is 0.261 e. The first-order valence-corrected chi connectivity index (χ1v) is 10.4. The zero-order valence-electron chi connectivity index (χ0n) is 15.7. The maximum Gasteiger partial charge on any atom is 0.261 e. The summed E-state index contributed by atoms with van der Waals surface area (Å²) < 4.78 is 0. The van der Waals surface area contributed by atoms with Gasteiger partial charge in [-0.2, -0.15) is 0 Å². The lowest BCUT2D eigenvalue weighted by Gasteiger charge is -2.23. The van der Waals surface area contributed by atoms with Crippen molar-refractivity contribution in [3.63, 3.8) is 0 Å². The van der Waals surface area contributed by atoms with Gasteiger partial charge in [0.05, 0.1) is 18.0 Å². The molecule has 148 valence electrons. The van der Waals surface area contributed by atoms with Crippen molar-refractivity contribution >= 4 is 29.1 Å². The Labute approximate surface area is 168 Å². The summed E-state index contributed by atoms with van der Waals surface area (Å²) in [6.07, 6.45) is 4.25. The molecule has 0 bridgehead atoms. The zero-order valence-corrected chi connectivity index (χ0v) is 16.5. The molecule has 1 aromatic heterocycles. The van der Waals surface area contributed by atoms with E-state index in [0.29, 0.717) is 11.4 Å². The molecule has 3 rings (SSSR count). The van der Waals surface area contributed by atoms with Crippen molar-refractivity contribution in [3.8, 4) is 0 Å². The molecular formula is C21H25N3O3S. The first-order chi connectivity index (χ1) is 13.6. The summed E-state index contributed by atoms with van der Waals surface area (Å²) in [4.78, 5) is 39.3. The molecule has 0 spiro atoms. The molecule has 2 aromatic rings. The Hall–Kier alpha value is -2.67. The van der Waals surface area contributed by atoms with E-state index in [1.807, 2.05) is 35.7 Å². The number of carbonyl (C=O) groups is 3. The van der Waals surface area contributed by atoms with E-state index in [-0.39, 0.29) is 36.9 Å². The average molecular weight is 400 g/mol. The van der Waals surface area contributed by atoms with Crippen LogP contribution in [0.3, 0.4) is 0 Å². The van der Waals surface area contributed by atoms with Crippen molar-refractivity contribution in [2.45, 2.75) is 38.3 Å². The highest BCUT2D eigenvalue weighted by atomic mass is 32.1. The minimum atomic E-state index is -0.282. The summed E-state index contributed by atoms with van der Waals surface area (Å²) in [6, 6.07) is 13.2. The predicted octanol–water partition coefficient (Wildman–Crippen LogP) is 2.57. The highest BCUT2D eigenvalue weighted by molar-refractivity contribution is 7.12. The molecule has 6 nitrogen and oxygen atoms in total. The molecular weight excluding hydrogens is 374 g/mol. The van der Waals surface area contributed by atoms with Gasteiger partial charge in [-0.3, -0.25) is 14.4 Å². The summed E-state index contributed by atoms with van der Waals surface area (Å²) in [6.45, 7) is 0.173. The van der Waals surface area contributed by atoms with Crippen LogP contribution in [-0.2, 0) is 16.1 Å². The van der Waals surface area contributed by atoms with E-state index >= 15 is 0 Å². The number of nitrogens with one attached hydrogen (secondary N) is 2. The van der Waals surface area contributed by atoms with Gasteiger partial charge in [-0.1, -0.05) is 49.2 Å². The fourth-order valence-corrected chi connectivity index (χ4v) is 3.96. The molecule has 0 saturated heterocycles. The fraction of sp³-hybridized carbons (Fsp3) is 0.381. The van der Waals surface area contributed by atoms with Crippen LogP contribution in [0.4, 0.5) is 0 Å². The minimum absolute atomic E-state index is 0.0148. The minimum Gasteiger partial charge on any atom is -0.352 e. The van der Waals surface area contributed by atoms with E-state index in [1.54, 1.807) is 12.1 Å². The topological polar surface area (TPSA) is 78.5 Å². The first-order valence-electron chi connectivity index (χ1n) is 9.54. The Morgan fingerprint density at radius 2 is 1.79 bits per heavy atom. The van der Waals surface area contributed by atoms with Gasteiger partial charge in [0.15, 0.2) is 0 Å². The van der Waals surface area contributed by atoms with Crippen LogP contribution in [0.25, 0.3) is 0 Å². The van der Waals surface area contributed by atoms with Crippen molar-refractivity contribution in [1.82, 2.24) is 15.5 Å². The molecule has 1 aliphatic carbocycles. The molecule has 3 amide bonds. The third kappa shape index (κ3) is 5.92. The summed E-state index contributed by atoms with van der Waals surface area (Å²) in [5.74, 6) is -0.713. The Morgan fingerprint density at radius 3 is 2.46 bits per heavy atom. The number of nitrogens with zero attached hydrogens (tertiary/aromatic N) is 1. The number of thiophene rings is 1. The van der Waals surface area contributed by atoms with Gasteiger partial charge in [0.25, 0.3) is 5.91 Å². The van der Waals surface area contributed by atoms with Gasteiger partial charge in [-0.05, 0) is 29.9 Å². The Kier molecular flexibility index (Phi) is 7.19. The number of hydrogen-bond acceptors (Lipinski definition) is 4. The SMILES string of the molecule is O=C(CN(Cc1ccccc1)C(=O)CNC(=O)c1cccs1)NC1CCCC1. The second-order valence-corrected chi connectivity index (χ2v) is 7.89. The summed E-state index contributed by atoms with van der Waals surface area (Å²) in [5, 5.41) is 7.48. The molecule has 28 heavy (non-hydrogen) atoms. The van der Waals surface area contributed by atoms with Crippen molar-refractivity contribution in [2.75, 3.05) is 13.1 Å². The number of amides is 3. The molecule has 1 aliphatic rings. The van der Waals surface area contributed by atoms with Crippen LogP contribution in [-0.4, -0.2) is 41.8 Å². The van der Waals surface area contributed by atoms with Crippen LogP contribution < -0.4 is 10.6 Å². The van der Waals surface area contributed by atoms with E-state index in [2.05, 4.69) is 10.6 Å². The summed E-state index contributed by atoms with van der Waals surface area (Å²) in [7, 11) is 0. The lowest BCUT2D eigenvalue weighted by atomic mass is 10.2. The third-order valence-corrected chi connectivity index (χ3v) is 5.64. The lowest BCUT2D eigenvalue weighted by molar-refractivity contribution is -0.136. The van der Waals surface area contributed by atoms with Crippen LogP contribution >= 0.6 is 11.3 Å². The molecule has 7 heteroatoms. The van der Waals surface area contributed by atoms with Crippen molar-refractivity contribution < 1.29 is 14.4 Å². The number of carbonyl (C=O) groups excluding carboxylic acids is 3. The van der Waals surface area contributed by atoms with Crippen molar-refractivity contribution in [2.24, 2.45) is 0 Å². The third-order valence-electron chi connectivity index (χ3n) is 4.77. The van der Waals surface area contributed by atoms with Crippen LogP contribution in [0.1, 0.15) is 40.9 Å². The number of hydrogen-bond donors (Lipinski definition) is 2. The van der Waals surface area contributed by atoms with E-state index < -0.39 is 0 Å². The zero-order chi connectivity index (χ0) is 19.8. The van der Waals surface area contributed by atoms with Crippen LogP contribution in [0, 0.1) is 0 Å². The molecule has 0 unspecified atom stereocenters. The highest BCUT2D eigenvalue weighted by Crippen LogP contribution is 2.17. The van der Waals surface area contributed by atoms with Crippen molar-refractivity contribution in [1.29, 1.82) is 0 Å². The maximum atomic E-state index is 12.7. The standard InChI is InChI=1S/C21H25N3O3S/c25-19(23-17-9-4-5-10-17)15-24(14-16-7-2-1-3-8-16)20(26)13-22-21(27)18-11-6-12-28-18/h1-3,6-8,11-12,17H,4-5,9-10,13-15H2,(H,22,27)(H,23,25). The van der Waals surface area contributed by atoms with Crippen LogP contribution in [0.2, 0.25) is 0 Å². The molecule has 1 heterocycles. The van der Waals surface area contributed by atoms with E-state index in [1.165, 1.54) is 16.2 Å². The predicted molar refractivity (Wildman–Crippen MR) is 109 cm³/mol. The molecule has 2 N–H and O–H groups in total. The van der Waals surface area contributed by atoms with E-state index in [9.17, 15) is 14.4 Å². The second kappa shape index (κ2) is 10.0. The second-order valence-electron chi connectivity index (χ2n) is 6.94. The molecule has 0 radical (unpaired) electrons. The van der Waals surface area contributed by atoms with Crippen LogP contribution in [0.15, 0.2) is 47.8 Å². The Morgan fingerprint density at radius 1 is 1.04 bits per heavy atom. The molecule has 0 aliphatic heterocycles. The average Bonchev–Trinajstić information content (AvgIpc) is 3.40. The van der Waals surface area contributed by atoms with E-state index in [4.69, 9.17) is 0 Å². The molecule has 1 saturated carbocycles. The largest absolute Gasteiger partial charge is 0.352 e. The Bertz CT molecular complexity index is 786. The van der Waals surface area contributed by atoms with Crippen molar-refractivity contribution in [3.05, 3.63) is 58.3 Å². The molecule has 1 fully saturated rings. The lowest BCUT2D eigenvalue weighted by Crippen LogP contribution is -2.46. The summed E-state index contributed by atoms with van der Waals surface area (Å²) >= 11 is 1.32. The summed E-state index contributed by atoms with van der Waals surface area (Å²) in [5.41, 5.74) is 0.939. The number of benzene rings is 1.